The van der Waals surface area contributed by atoms with E-state index in [9.17, 15) is 19.2 Å². The Kier molecular flexibility index (Phi) is 12.7. The van der Waals surface area contributed by atoms with Crippen molar-refractivity contribution in [1.82, 2.24) is 5.32 Å². The summed E-state index contributed by atoms with van der Waals surface area (Å²) in [5.41, 5.74) is 2.78. The third-order valence-corrected chi connectivity index (χ3v) is 8.15. The highest BCUT2D eigenvalue weighted by atomic mass is 32.2. The Morgan fingerprint density at radius 3 is 2.13 bits per heavy atom. The van der Waals surface area contributed by atoms with Gasteiger partial charge in [-0.3, -0.25) is 14.4 Å². The number of nitrogens with one attached hydrogen (secondary N) is 3. The van der Waals surface area contributed by atoms with Crippen molar-refractivity contribution in [2.45, 2.75) is 43.3 Å². The van der Waals surface area contributed by atoms with Crippen molar-refractivity contribution in [3.63, 3.8) is 0 Å². The van der Waals surface area contributed by atoms with Gasteiger partial charge in [0.2, 0.25) is 5.91 Å². The summed E-state index contributed by atoms with van der Waals surface area (Å²) in [4.78, 5) is 52.4. The van der Waals surface area contributed by atoms with Crippen LogP contribution in [0.3, 0.4) is 0 Å². The fourth-order valence-electron chi connectivity index (χ4n) is 4.30. The molecule has 0 aliphatic heterocycles. The molecule has 8 nitrogen and oxygen atoms in total. The monoisotopic (exact) mass is 635 g/mol. The van der Waals surface area contributed by atoms with Crippen molar-refractivity contribution in [1.29, 1.82) is 0 Å². The fraction of sp³-hybridized carbons (Fsp3) is 0.189. The molecule has 1 unspecified atom stereocenters. The molecule has 0 fully saturated rings. The Balaban J connectivity index is 1.41. The predicted octanol–water partition coefficient (Wildman–Crippen LogP) is 7.56. The summed E-state index contributed by atoms with van der Waals surface area (Å²) >= 11 is 1.37. The molecule has 0 bridgehead atoms. The van der Waals surface area contributed by atoms with E-state index in [0.29, 0.717) is 35.5 Å². The molecule has 9 heteroatoms. The zero-order valence-electron chi connectivity index (χ0n) is 25.8. The number of carbonyl (C=O) groups is 4. The quantitative estimate of drug-likeness (QED) is 0.0570. The Bertz CT molecular complexity index is 1660. The van der Waals surface area contributed by atoms with Crippen LogP contribution in [0, 0.1) is 0 Å². The van der Waals surface area contributed by atoms with Gasteiger partial charge in [0.25, 0.3) is 11.8 Å². The summed E-state index contributed by atoms with van der Waals surface area (Å²) in [5.74, 6) is -1.46. The number of ether oxygens (including phenoxy) is 1. The van der Waals surface area contributed by atoms with Crippen molar-refractivity contribution in [2.75, 3.05) is 17.2 Å². The minimum Gasteiger partial charge on any atom is -0.462 e. The van der Waals surface area contributed by atoms with Gasteiger partial charge in [-0.2, -0.15) is 0 Å². The van der Waals surface area contributed by atoms with E-state index in [4.69, 9.17) is 4.74 Å². The molecule has 4 rings (SSSR count). The van der Waals surface area contributed by atoms with E-state index in [2.05, 4.69) is 16.0 Å². The Morgan fingerprint density at radius 2 is 1.46 bits per heavy atom. The van der Waals surface area contributed by atoms with Gasteiger partial charge >= 0.3 is 5.97 Å². The molecule has 0 aromatic heterocycles. The highest BCUT2D eigenvalue weighted by Gasteiger charge is 2.20. The first-order valence-corrected chi connectivity index (χ1v) is 16.0. The third-order valence-electron chi connectivity index (χ3n) is 6.79. The molecule has 0 saturated heterocycles. The van der Waals surface area contributed by atoms with Crippen LogP contribution in [0.4, 0.5) is 11.4 Å². The number of hydrogen-bond acceptors (Lipinski definition) is 6. The average Bonchev–Trinajstić information content (AvgIpc) is 3.08. The summed E-state index contributed by atoms with van der Waals surface area (Å²) < 4.78 is 5.24. The summed E-state index contributed by atoms with van der Waals surface area (Å²) in [7, 11) is 0. The lowest BCUT2D eigenvalue weighted by molar-refractivity contribution is -0.116. The average molecular weight is 636 g/mol. The number of unbranched alkanes of at least 4 members (excludes halogenated alkanes) is 1. The zero-order valence-corrected chi connectivity index (χ0v) is 26.6. The molecule has 236 valence electrons. The second-order valence-corrected chi connectivity index (χ2v) is 11.6. The smallest absolute Gasteiger partial charge is 0.338 e. The molecular formula is C37H37N3O5S. The first kappa shape index (κ1) is 33.7. The van der Waals surface area contributed by atoms with Crippen LogP contribution in [0.25, 0.3) is 6.08 Å². The van der Waals surface area contributed by atoms with E-state index in [1.54, 1.807) is 72.8 Å². The number of rotatable bonds is 14. The minimum absolute atomic E-state index is 0.0872. The second kappa shape index (κ2) is 17.4. The zero-order chi connectivity index (χ0) is 32.7. The van der Waals surface area contributed by atoms with Crippen LogP contribution in [0.15, 0.2) is 120 Å². The maximum Gasteiger partial charge on any atom is 0.338 e. The first-order valence-electron chi connectivity index (χ1n) is 15.2. The van der Waals surface area contributed by atoms with Crippen molar-refractivity contribution in [2.24, 2.45) is 0 Å². The molecule has 4 aromatic rings. The molecule has 0 spiro atoms. The molecule has 46 heavy (non-hydrogen) atoms. The lowest BCUT2D eigenvalue weighted by Gasteiger charge is -2.16. The van der Waals surface area contributed by atoms with Crippen LogP contribution in [0.1, 0.15) is 59.4 Å². The van der Waals surface area contributed by atoms with Crippen molar-refractivity contribution >= 4 is 52.9 Å². The topological polar surface area (TPSA) is 114 Å². The molecule has 0 heterocycles. The van der Waals surface area contributed by atoms with E-state index in [-0.39, 0.29) is 17.6 Å². The molecule has 0 aliphatic carbocycles. The van der Waals surface area contributed by atoms with E-state index in [1.807, 2.05) is 56.3 Å². The van der Waals surface area contributed by atoms with Gasteiger partial charge in [0.05, 0.1) is 17.4 Å². The number of amides is 3. The van der Waals surface area contributed by atoms with Crippen LogP contribution >= 0.6 is 11.8 Å². The standard InChI is InChI=1S/C37H37N3O5S/c1-3-5-23-45-37(44)28-19-21-29(22-20-28)38-36(43)33(4-2)46-31-18-12-17-30(25-31)39-35(42)32(24-26-13-8-6-9-14-26)40-34(41)27-15-10-7-11-16-27/h6-22,24-25,33H,3-5,23H2,1-2H3,(H,38,43)(H,39,42)(H,40,41)/b32-24-. The molecule has 4 aromatic carbocycles. The molecule has 1 atom stereocenters. The van der Waals surface area contributed by atoms with Crippen LogP contribution < -0.4 is 16.0 Å². The van der Waals surface area contributed by atoms with E-state index in [1.165, 1.54) is 11.8 Å². The largest absolute Gasteiger partial charge is 0.462 e. The van der Waals surface area contributed by atoms with Crippen molar-refractivity contribution in [3.8, 4) is 0 Å². The van der Waals surface area contributed by atoms with Crippen LogP contribution in [0.2, 0.25) is 0 Å². The minimum atomic E-state index is -0.488. The van der Waals surface area contributed by atoms with Crippen LogP contribution in [-0.4, -0.2) is 35.5 Å². The van der Waals surface area contributed by atoms with Gasteiger partial charge in [0.15, 0.2) is 0 Å². The van der Waals surface area contributed by atoms with Gasteiger partial charge in [-0.15, -0.1) is 11.8 Å². The second-order valence-electron chi connectivity index (χ2n) is 10.3. The summed E-state index contributed by atoms with van der Waals surface area (Å²) in [5, 5.41) is 8.12. The highest BCUT2D eigenvalue weighted by Crippen LogP contribution is 2.29. The number of thioether (sulfide) groups is 1. The third kappa shape index (κ3) is 10.2. The number of anilines is 2. The number of carbonyl (C=O) groups excluding carboxylic acids is 4. The molecule has 3 amide bonds. The lowest BCUT2D eigenvalue weighted by Crippen LogP contribution is -2.30. The SMILES string of the molecule is CCCCOC(=O)c1ccc(NC(=O)C(CC)Sc2cccc(NC(=O)/C(=C/c3ccccc3)NC(=O)c3ccccc3)c2)cc1. The Hall–Kier alpha value is -5.15. The highest BCUT2D eigenvalue weighted by molar-refractivity contribution is 8.00. The summed E-state index contributed by atoms with van der Waals surface area (Å²) in [6.45, 7) is 4.33. The van der Waals surface area contributed by atoms with Crippen molar-refractivity contribution < 1.29 is 23.9 Å². The van der Waals surface area contributed by atoms with Gasteiger partial charge in [0.1, 0.15) is 5.70 Å². The Morgan fingerprint density at radius 1 is 0.761 bits per heavy atom. The Labute approximate surface area is 273 Å². The number of esters is 1. The van der Waals surface area contributed by atoms with Crippen molar-refractivity contribution in [3.05, 3.63) is 132 Å². The van der Waals surface area contributed by atoms with Gasteiger partial charge in [-0.1, -0.05) is 74.9 Å². The van der Waals surface area contributed by atoms with Crippen LogP contribution in [0.5, 0.6) is 0 Å². The van der Waals surface area contributed by atoms with Gasteiger partial charge in [0, 0.05) is 21.8 Å². The van der Waals surface area contributed by atoms with E-state index >= 15 is 0 Å². The maximum absolute atomic E-state index is 13.4. The number of hydrogen-bond donors (Lipinski definition) is 3. The van der Waals surface area contributed by atoms with Gasteiger partial charge in [-0.25, -0.2) is 4.79 Å². The molecule has 0 aliphatic rings. The molecule has 0 saturated carbocycles. The maximum atomic E-state index is 13.4. The van der Waals surface area contributed by atoms with Gasteiger partial charge < -0.3 is 20.7 Å². The number of benzene rings is 4. The predicted molar refractivity (Wildman–Crippen MR) is 184 cm³/mol. The first-order chi connectivity index (χ1) is 22.4. The summed E-state index contributed by atoms with van der Waals surface area (Å²) in [6.07, 6.45) is 3.93. The van der Waals surface area contributed by atoms with Crippen LogP contribution in [-0.2, 0) is 14.3 Å². The lowest BCUT2D eigenvalue weighted by atomic mass is 10.1. The molecule has 0 radical (unpaired) electrons. The summed E-state index contributed by atoms with van der Waals surface area (Å²) in [6, 6.07) is 31.7. The fourth-order valence-corrected chi connectivity index (χ4v) is 5.31. The van der Waals surface area contributed by atoms with E-state index < -0.39 is 17.1 Å². The van der Waals surface area contributed by atoms with Gasteiger partial charge in [-0.05, 0) is 79.1 Å². The normalized spacial score (nSPS) is 11.7. The van der Waals surface area contributed by atoms with E-state index in [0.717, 1.165) is 23.3 Å². The molecular weight excluding hydrogens is 598 g/mol. The molecule has 3 N–H and O–H groups in total.